The number of carboxylic acids is 1. The lowest BCUT2D eigenvalue weighted by Crippen LogP contribution is -2.68. The number of carboxylic acid groups (broad SMARTS) is 1. The lowest BCUT2D eigenvalue weighted by Gasteiger charge is -2.72. The largest absolute Gasteiger partial charge is 0.491 e. The summed E-state index contributed by atoms with van der Waals surface area (Å²) >= 11 is 0. The van der Waals surface area contributed by atoms with Crippen LogP contribution in [0.1, 0.15) is 156 Å². The number of aliphatic hydroxyl groups is 1. The molecule has 0 aliphatic heterocycles. The van der Waals surface area contributed by atoms with E-state index in [1.165, 1.54) is 61.5 Å². The predicted molar refractivity (Wildman–Crippen MR) is 246 cm³/mol. The van der Waals surface area contributed by atoms with E-state index < -0.39 is 26.8 Å². The maximum atomic E-state index is 12.8. The van der Waals surface area contributed by atoms with Crippen molar-refractivity contribution < 1.29 is 28.2 Å². The fourth-order valence-electron chi connectivity index (χ4n) is 16.4. The van der Waals surface area contributed by atoms with Crippen LogP contribution in [0, 0.1) is 68.0 Å². The van der Waals surface area contributed by atoms with Crippen LogP contribution in [-0.2, 0) is 14.6 Å². The molecule has 1 aromatic carbocycles. The van der Waals surface area contributed by atoms with Crippen LogP contribution >= 0.6 is 0 Å². The number of hydrogen-bond acceptors (Lipinski definition) is 7. The summed E-state index contributed by atoms with van der Waals surface area (Å²) < 4.78 is 30.5. The van der Waals surface area contributed by atoms with Gasteiger partial charge in [0.15, 0.2) is 0 Å². The lowest BCUT2D eigenvalue weighted by atomic mass is 9.33. The molecule has 0 amide bonds. The zero-order chi connectivity index (χ0) is 44.7. The zero-order valence-electron chi connectivity index (χ0n) is 39.0. The van der Waals surface area contributed by atoms with Crippen LogP contribution < -0.4 is 10.1 Å². The second kappa shape index (κ2) is 15.9. The molecular formula is C53H76N2O6S. The number of sulfone groups is 1. The third-order valence-corrected chi connectivity index (χ3v) is 21.8. The van der Waals surface area contributed by atoms with Crippen LogP contribution in [0.25, 0.3) is 0 Å². The van der Waals surface area contributed by atoms with E-state index in [0.29, 0.717) is 92.3 Å². The van der Waals surface area contributed by atoms with Crippen molar-refractivity contribution in [3.8, 4) is 11.8 Å². The van der Waals surface area contributed by atoms with Crippen LogP contribution in [0.3, 0.4) is 0 Å². The molecule has 0 heterocycles. The molecule has 5 fully saturated rings. The van der Waals surface area contributed by atoms with E-state index >= 15 is 0 Å². The van der Waals surface area contributed by atoms with Gasteiger partial charge in [0.25, 0.3) is 0 Å². The molecule has 8 rings (SSSR count). The normalized spacial score (nSPS) is 42.4. The van der Waals surface area contributed by atoms with Gasteiger partial charge in [-0.05, 0) is 197 Å². The van der Waals surface area contributed by atoms with E-state index in [4.69, 9.17) is 4.74 Å². The molecule has 62 heavy (non-hydrogen) atoms. The van der Waals surface area contributed by atoms with Crippen molar-refractivity contribution in [1.82, 2.24) is 5.32 Å². The third-order valence-electron chi connectivity index (χ3n) is 20.1. The number of allylic oxidation sites excluding steroid dienone is 5. The van der Waals surface area contributed by atoms with Crippen molar-refractivity contribution >= 4 is 15.8 Å². The van der Waals surface area contributed by atoms with Crippen molar-refractivity contribution in [1.29, 1.82) is 5.26 Å². The Morgan fingerprint density at radius 3 is 2.27 bits per heavy atom. The summed E-state index contributed by atoms with van der Waals surface area (Å²) in [7, 11) is -3.08. The number of aliphatic carboxylic acids is 1. The fraction of sp³-hybridized carbons (Fsp3) is 0.736. The number of rotatable bonds is 11. The van der Waals surface area contributed by atoms with Gasteiger partial charge in [0.1, 0.15) is 33.7 Å². The summed E-state index contributed by atoms with van der Waals surface area (Å²) in [5.74, 6) is 2.37. The monoisotopic (exact) mass is 869 g/mol. The molecule has 1 aromatic rings. The van der Waals surface area contributed by atoms with Gasteiger partial charge in [-0.3, -0.25) is 4.79 Å². The number of nitriles is 1. The summed E-state index contributed by atoms with van der Waals surface area (Å²) in [6.07, 6.45) is 21.3. The van der Waals surface area contributed by atoms with E-state index in [1.807, 2.05) is 6.07 Å². The highest BCUT2D eigenvalue weighted by atomic mass is 32.2. The minimum Gasteiger partial charge on any atom is -0.491 e. The quantitative estimate of drug-likeness (QED) is 0.187. The standard InChI is InChI=1S/C53H76N2O6S/c1-35(2)39-19-28-53(55-32-31-52(58)26-17-38(18-27-52)62(8,59)60)30-29-49(6)41(45(39)53)13-14-44-48(5)22-20-40(47(3,4)43(48)21-23-50(44,49)7)36-15-24-51(25-16-36,46(56)57)34-61-42-12-10-9-11-37(42)33-54/h9-12,15,20,38-39,41,43-45,55,58H,1,13-14,16-19,21-32,34H2,2-8H3,(H,56,57)/t38-,39-,41+,43-,44+,45+,48-,49+,50+,51+,52+,53-/m0/s1. The number of hydrogen-bond donors (Lipinski definition) is 3. The van der Waals surface area contributed by atoms with E-state index in [-0.39, 0.29) is 39.1 Å². The van der Waals surface area contributed by atoms with Crippen LogP contribution in [0.5, 0.6) is 5.75 Å². The first-order valence-corrected chi connectivity index (χ1v) is 26.1. The number of nitrogens with zero attached hydrogens (tertiary/aromatic N) is 1. The Labute approximate surface area is 373 Å². The number of fused-ring (bicyclic) bond motifs is 7. The van der Waals surface area contributed by atoms with E-state index in [2.05, 4.69) is 71.7 Å². The first-order chi connectivity index (χ1) is 29.1. The average Bonchev–Trinajstić information content (AvgIpc) is 3.60. The molecule has 7 aliphatic carbocycles. The minimum absolute atomic E-state index is 0.0395. The molecule has 0 saturated heterocycles. The molecule has 0 spiro atoms. The molecule has 340 valence electrons. The van der Waals surface area contributed by atoms with Crippen LogP contribution in [-0.4, -0.2) is 60.4 Å². The van der Waals surface area contributed by atoms with Crippen LogP contribution in [0.4, 0.5) is 0 Å². The Morgan fingerprint density at radius 1 is 0.903 bits per heavy atom. The first kappa shape index (κ1) is 45.6. The maximum Gasteiger partial charge on any atom is 0.313 e. The topological polar surface area (TPSA) is 137 Å². The number of nitrogens with one attached hydrogen (secondary N) is 1. The van der Waals surface area contributed by atoms with Gasteiger partial charge >= 0.3 is 5.97 Å². The molecular weight excluding hydrogens is 793 g/mol. The summed E-state index contributed by atoms with van der Waals surface area (Å²) in [4.78, 5) is 12.8. The predicted octanol–water partition coefficient (Wildman–Crippen LogP) is 10.8. The molecule has 0 aromatic heterocycles. The average molecular weight is 869 g/mol. The Hall–Kier alpha value is -2.93. The molecule has 3 N–H and O–H groups in total. The van der Waals surface area contributed by atoms with Gasteiger partial charge in [0, 0.05) is 11.8 Å². The zero-order valence-corrected chi connectivity index (χ0v) is 39.8. The van der Waals surface area contributed by atoms with Gasteiger partial charge in [-0.2, -0.15) is 5.26 Å². The van der Waals surface area contributed by atoms with Crippen molar-refractivity contribution in [3.05, 3.63) is 65.3 Å². The summed E-state index contributed by atoms with van der Waals surface area (Å²) in [6, 6.07) is 9.22. The van der Waals surface area contributed by atoms with Gasteiger partial charge in [-0.15, -0.1) is 0 Å². The smallest absolute Gasteiger partial charge is 0.313 e. The number of ether oxygens (including phenoxy) is 1. The Bertz CT molecular complexity index is 2160. The highest BCUT2D eigenvalue weighted by molar-refractivity contribution is 7.91. The van der Waals surface area contributed by atoms with Crippen molar-refractivity contribution in [3.63, 3.8) is 0 Å². The minimum atomic E-state index is -3.08. The molecule has 0 radical (unpaired) electrons. The first-order valence-electron chi connectivity index (χ1n) is 24.2. The summed E-state index contributed by atoms with van der Waals surface area (Å²) in [5, 5.41) is 35.6. The number of carbonyl (C=O) groups is 1. The number of para-hydroxylation sites is 1. The van der Waals surface area contributed by atoms with E-state index in [9.17, 15) is 28.7 Å². The SMILES string of the molecule is C=C(C)[C@@H]1CC[C@]2(NCC[C@]3(O)CC[C@@H](S(C)(=O)=O)CC3)CC[C@]3(C)[C@H](CC[C@@H]4[C@@]5(C)CC=C(C6=CC[C@@](COc7ccccc7C#N)(C(=O)O)CC6)C(C)(C)[C@@H]5CC[C@]43C)[C@@H]12. The molecule has 0 bridgehead atoms. The summed E-state index contributed by atoms with van der Waals surface area (Å²) in [6.45, 7) is 20.6. The van der Waals surface area contributed by atoms with Crippen LogP contribution in [0.15, 0.2) is 59.7 Å². The Balaban J connectivity index is 0.998. The Kier molecular flexibility index (Phi) is 11.7. The molecule has 8 nitrogen and oxygen atoms in total. The molecule has 10 atom stereocenters. The molecule has 5 saturated carbocycles. The fourth-order valence-corrected chi connectivity index (χ4v) is 17.5. The van der Waals surface area contributed by atoms with Gasteiger partial charge in [-0.25, -0.2) is 8.42 Å². The summed E-state index contributed by atoms with van der Waals surface area (Å²) in [5.41, 5.74) is 3.23. The van der Waals surface area contributed by atoms with Crippen LogP contribution in [0.2, 0.25) is 0 Å². The highest BCUT2D eigenvalue weighted by Crippen LogP contribution is 2.76. The highest BCUT2D eigenvalue weighted by Gasteiger charge is 2.70. The molecule has 7 aliphatic rings. The van der Waals surface area contributed by atoms with E-state index in [1.54, 1.807) is 18.2 Å². The van der Waals surface area contributed by atoms with Gasteiger partial charge in [0.2, 0.25) is 0 Å². The van der Waals surface area contributed by atoms with Crippen molar-refractivity contribution in [2.45, 2.75) is 167 Å². The lowest BCUT2D eigenvalue weighted by molar-refractivity contribution is -0.221. The van der Waals surface area contributed by atoms with Crippen molar-refractivity contribution in [2.24, 2.45) is 56.7 Å². The Morgan fingerprint density at radius 2 is 1.63 bits per heavy atom. The maximum absolute atomic E-state index is 12.8. The second-order valence-corrected chi connectivity index (χ2v) is 25.6. The molecule has 0 unspecified atom stereocenters. The van der Waals surface area contributed by atoms with E-state index in [0.717, 1.165) is 25.8 Å². The number of benzene rings is 1. The van der Waals surface area contributed by atoms with Gasteiger partial charge in [0.05, 0.1) is 16.4 Å². The second-order valence-electron chi connectivity index (χ2n) is 23.2. The van der Waals surface area contributed by atoms with Crippen molar-refractivity contribution in [2.75, 3.05) is 19.4 Å². The molecule has 9 heteroatoms. The van der Waals surface area contributed by atoms with Gasteiger partial charge in [-0.1, -0.05) is 71.1 Å². The van der Waals surface area contributed by atoms with Gasteiger partial charge < -0.3 is 20.3 Å². The third kappa shape index (κ3) is 7.27.